The molecule has 0 saturated carbocycles. The summed E-state index contributed by atoms with van der Waals surface area (Å²) >= 11 is 0. The van der Waals surface area contributed by atoms with E-state index in [0.717, 1.165) is 12.1 Å². The van der Waals surface area contributed by atoms with Crippen LogP contribution in [0.2, 0.25) is 0 Å². The molecule has 0 spiro atoms. The number of aliphatic hydroxyl groups is 1. The molecule has 15 nitrogen and oxygen atoms in total. The predicted molar refractivity (Wildman–Crippen MR) is 150 cm³/mol. The Labute approximate surface area is 268 Å². The zero-order valence-electron chi connectivity index (χ0n) is 24.9. The van der Waals surface area contributed by atoms with Gasteiger partial charge in [0.2, 0.25) is 13.1 Å². The fraction of sp³-hybridized carbons (Fsp3) is 0.393. The highest BCUT2D eigenvalue weighted by molar-refractivity contribution is 5.94. The summed E-state index contributed by atoms with van der Waals surface area (Å²) in [6.45, 7) is 2.11. The van der Waals surface area contributed by atoms with E-state index in [9.17, 15) is 19.1 Å². The lowest BCUT2D eigenvalue weighted by Gasteiger charge is -2.38. The van der Waals surface area contributed by atoms with E-state index in [1.54, 1.807) is 31.2 Å². The van der Waals surface area contributed by atoms with E-state index in [0.29, 0.717) is 37.0 Å². The van der Waals surface area contributed by atoms with Crippen LogP contribution in [0.25, 0.3) is 5.69 Å². The van der Waals surface area contributed by atoms with Gasteiger partial charge in [0.15, 0.2) is 5.60 Å². The van der Waals surface area contributed by atoms with Crippen molar-refractivity contribution in [2.45, 2.75) is 38.3 Å². The summed E-state index contributed by atoms with van der Waals surface area (Å²) in [7, 11) is 1.54. The molecule has 1 N–H and O–H groups in total. The van der Waals surface area contributed by atoms with Crippen LogP contribution in [0.5, 0.6) is 0 Å². The summed E-state index contributed by atoms with van der Waals surface area (Å²) in [4.78, 5) is 28.5. The van der Waals surface area contributed by atoms with Crippen LogP contribution in [-0.2, 0) is 33.1 Å². The van der Waals surface area contributed by atoms with Gasteiger partial charge in [0.1, 0.15) is 24.5 Å². The number of hydrogen-bond donors (Lipinski definition) is 1. The molecule has 1 saturated heterocycles. The van der Waals surface area contributed by atoms with Gasteiger partial charge >= 0.3 is 12.2 Å². The standard InChI is InChI=1S/C28H32F2N9O6.ClH/c1-20(37-10-11-38(26(37)40)22-5-7-23(8-6-22)39-16-31-33-34-39)28(42,24-9-4-21(29)14-25(24)30)15-36-18-35(17-32-36)19-45-27(41)44-13-3-12-43-2;/h4-9,14,16-18,20,42H,3,10-13,15,19H2,1-2H3;1H/q+1;/p-1/t20-,28-;/m1./s1. The minimum atomic E-state index is -2.06. The van der Waals surface area contributed by atoms with Crippen LogP contribution in [0, 0.1) is 11.6 Å². The fourth-order valence-corrected chi connectivity index (χ4v) is 5.04. The van der Waals surface area contributed by atoms with Crippen molar-refractivity contribution in [3.05, 3.63) is 78.6 Å². The van der Waals surface area contributed by atoms with Crippen molar-refractivity contribution in [3.63, 3.8) is 0 Å². The highest BCUT2D eigenvalue weighted by Crippen LogP contribution is 2.34. The Kier molecular flexibility index (Phi) is 11.2. The second-order valence-electron chi connectivity index (χ2n) is 10.3. The lowest BCUT2D eigenvalue weighted by atomic mass is 9.85. The summed E-state index contributed by atoms with van der Waals surface area (Å²) in [5.41, 5.74) is -0.972. The molecule has 46 heavy (non-hydrogen) atoms. The van der Waals surface area contributed by atoms with Gasteiger partial charge in [-0.2, -0.15) is 4.57 Å². The van der Waals surface area contributed by atoms with Crippen molar-refractivity contribution in [3.8, 4) is 5.69 Å². The normalized spacial score (nSPS) is 14.9. The maximum Gasteiger partial charge on any atom is 0.511 e. The number of tetrazole rings is 1. The first-order chi connectivity index (χ1) is 21.7. The van der Waals surface area contributed by atoms with Crippen LogP contribution in [0.15, 0.2) is 61.4 Å². The Morgan fingerprint density at radius 1 is 1.09 bits per heavy atom. The minimum Gasteiger partial charge on any atom is -1.00 e. The molecule has 4 aromatic rings. The zero-order chi connectivity index (χ0) is 32.0. The molecule has 2 aromatic heterocycles. The Bertz CT molecular complexity index is 1610. The highest BCUT2D eigenvalue weighted by Gasteiger charge is 2.48. The quantitative estimate of drug-likeness (QED) is 0.105. The molecule has 3 heterocycles. The Hall–Kier alpha value is -4.74. The van der Waals surface area contributed by atoms with E-state index in [1.807, 2.05) is 0 Å². The van der Waals surface area contributed by atoms with Gasteiger partial charge in [0.05, 0.1) is 18.3 Å². The van der Waals surface area contributed by atoms with E-state index < -0.39 is 35.5 Å². The maximum atomic E-state index is 15.2. The number of urea groups is 1. The van der Waals surface area contributed by atoms with Crippen molar-refractivity contribution in [1.82, 2.24) is 34.8 Å². The van der Waals surface area contributed by atoms with E-state index in [2.05, 4.69) is 20.6 Å². The molecule has 2 amide bonds. The summed E-state index contributed by atoms with van der Waals surface area (Å²) in [6.07, 6.45) is 3.85. The van der Waals surface area contributed by atoms with Crippen LogP contribution in [-0.4, -0.2) is 91.5 Å². The average Bonchev–Trinajstić information content (AvgIpc) is 3.80. The van der Waals surface area contributed by atoms with Gasteiger partial charge in [0, 0.05) is 50.5 Å². The molecule has 0 unspecified atom stereocenters. The maximum absolute atomic E-state index is 15.2. The predicted octanol–water partition coefficient (Wildman–Crippen LogP) is -1.21. The van der Waals surface area contributed by atoms with Crippen molar-refractivity contribution in [2.24, 2.45) is 0 Å². The van der Waals surface area contributed by atoms with Gasteiger partial charge in [-0.15, -0.1) is 9.78 Å². The van der Waals surface area contributed by atoms with Crippen molar-refractivity contribution >= 4 is 17.9 Å². The molecule has 1 fully saturated rings. The molecule has 0 bridgehead atoms. The topological polar surface area (TPSA) is 154 Å². The first kappa shape index (κ1) is 34.1. The lowest BCUT2D eigenvalue weighted by Crippen LogP contribution is -3.00. The van der Waals surface area contributed by atoms with E-state index in [4.69, 9.17) is 14.2 Å². The number of amides is 2. The monoisotopic (exact) mass is 663 g/mol. The Morgan fingerprint density at radius 2 is 1.85 bits per heavy atom. The molecule has 0 aliphatic carbocycles. The number of carbonyl (C=O) groups is 2. The molecular formula is C28H32ClF2N9O6. The minimum absolute atomic E-state index is 0. The molecular weight excluding hydrogens is 632 g/mol. The summed E-state index contributed by atoms with van der Waals surface area (Å²) < 4.78 is 48.2. The fourth-order valence-electron chi connectivity index (χ4n) is 5.04. The SMILES string of the molecule is COCCCOC(=O)OCn1cn[n+](C[C@](O)(c2ccc(F)cc2F)[C@@H](C)N2CCN(c3ccc(-n4cnnn4)cc3)C2=O)c1.[Cl-]. The first-order valence-electron chi connectivity index (χ1n) is 14.0. The van der Waals surface area contributed by atoms with E-state index >= 15 is 4.39 Å². The number of carbonyl (C=O) groups excluding carboxylic acids is 2. The van der Waals surface area contributed by atoms with Crippen LogP contribution in [0.3, 0.4) is 0 Å². The third-order valence-electron chi connectivity index (χ3n) is 7.45. The number of nitrogens with zero attached hydrogens (tertiary/aromatic N) is 9. The third-order valence-corrected chi connectivity index (χ3v) is 7.45. The Balaban J connectivity index is 0.00000480. The molecule has 18 heteroatoms. The van der Waals surface area contributed by atoms with Gasteiger partial charge in [-0.3, -0.25) is 4.90 Å². The number of methoxy groups -OCH3 is 1. The van der Waals surface area contributed by atoms with Gasteiger partial charge in [-0.1, -0.05) is 6.07 Å². The highest BCUT2D eigenvalue weighted by atomic mass is 35.5. The molecule has 246 valence electrons. The summed E-state index contributed by atoms with van der Waals surface area (Å²) in [5.74, 6) is -1.80. The van der Waals surface area contributed by atoms with Gasteiger partial charge in [-0.25, -0.2) is 23.1 Å². The molecule has 2 atom stereocenters. The second-order valence-corrected chi connectivity index (χ2v) is 10.3. The number of ether oxygens (including phenoxy) is 3. The molecule has 1 aliphatic heterocycles. The number of aromatic nitrogens is 7. The Morgan fingerprint density at radius 3 is 2.54 bits per heavy atom. The largest absolute Gasteiger partial charge is 1.00 e. The van der Waals surface area contributed by atoms with Crippen LogP contribution in [0.4, 0.5) is 24.1 Å². The molecule has 1 aliphatic rings. The van der Waals surface area contributed by atoms with Crippen molar-refractivity contribution in [1.29, 1.82) is 0 Å². The lowest BCUT2D eigenvalue weighted by molar-refractivity contribution is -0.765. The number of halogens is 3. The van der Waals surface area contributed by atoms with E-state index in [1.165, 1.54) is 49.8 Å². The first-order valence-corrected chi connectivity index (χ1v) is 14.0. The number of anilines is 1. The van der Waals surface area contributed by atoms with Crippen molar-refractivity contribution in [2.75, 3.05) is 38.3 Å². The molecule has 0 radical (unpaired) electrons. The smallest absolute Gasteiger partial charge is 0.511 e. The molecule has 2 aromatic carbocycles. The second kappa shape index (κ2) is 15.0. The number of hydrogen-bond acceptors (Lipinski definition) is 10. The van der Waals surface area contributed by atoms with E-state index in [-0.39, 0.29) is 44.4 Å². The van der Waals surface area contributed by atoms with Gasteiger partial charge in [-0.05, 0) is 52.8 Å². The third kappa shape index (κ3) is 7.55. The summed E-state index contributed by atoms with van der Waals surface area (Å²) in [5, 5.41) is 27.4. The van der Waals surface area contributed by atoms with Crippen molar-refractivity contribution < 1.29 is 54.8 Å². The zero-order valence-corrected chi connectivity index (χ0v) is 25.7. The van der Waals surface area contributed by atoms with Crippen LogP contribution in [0.1, 0.15) is 18.9 Å². The molecule has 5 rings (SSSR count). The van der Waals surface area contributed by atoms with Gasteiger partial charge < -0.3 is 36.6 Å². The number of rotatable bonds is 13. The number of benzene rings is 2. The summed E-state index contributed by atoms with van der Waals surface area (Å²) in [6, 6.07) is 8.46. The average molecular weight is 664 g/mol. The van der Waals surface area contributed by atoms with Crippen LogP contribution < -0.4 is 22.0 Å². The van der Waals surface area contributed by atoms with Gasteiger partial charge in [0.25, 0.3) is 6.33 Å². The van der Waals surface area contributed by atoms with Crippen LogP contribution >= 0.6 is 0 Å².